The number of carbonyl (C=O) groups excluding carboxylic acids is 2. The molecule has 0 aromatic heterocycles. The molecule has 0 aromatic carbocycles. The number of hydrogen-bond donors (Lipinski definition) is 1. The van der Waals surface area contributed by atoms with Crippen molar-refractivity contribution in [2.75, 3.05) is 20.8 Å². The third-order valence-corrected chi connectivity index (χ3v) is 2.19. The van der Waals surface area contributed by atoms with E-state index < -0.39 is 24.0 Å². The normalized spacial score (nSPS) is 19.0. The van der Waals surface area contributed by atoms with Crippen molar-refractivity contribution < 1.29 is 28.9 Å². The second kappa shape index (κ2) is 5.50. The molecule has 1 atom stereocenters. The molecule has 6 heteroatoms. The molecule has 1 heterocycles. The summed E-state index contributed by atoms with van der Waals surface area (Å²) in [6, 6.07) is 0. The molecular weight excluding hydrogens is 216 g/mol. The van der Waals surface area contributed by atoms with E-state index in [2.05, 4.69) is 9.47 Å². The SMILES string of the molecule is COC(=O)C(CC1=CC(O)CO1)C(=O)OC. The molecule has 0 bridgehead atoms. The highest BCUT2D eigenvalue weighted by Gasteiger charge is 2.31. The number of carbonyl (C=O) groups is 2. The maximum atomic E-state index is 11.3. The Morgan fingerprint density at radius 1 is 1.50 bits per heavy atom. The molecule has 0 aliphatic carbocycles. The van der Waals surface area contributed by atoms with Gasteiger partial charge in [-0.2, -0.15) is 0 Å². The molecule has 16 heavy (non-hydrogen) atoms. The molecule has 1 rings (SSSR count). The molecule has 1 aliphatic rings. The Bertz CT molecular complexity index is 292. The molecule has 0 saturated heterocycles. The number of ether oxygens (including phenoxy) is 3. The van der Waals surface area contributed by atoms with Gasteiger partial charge in [-0.05, 0) is 6.08 Å². The zero-order chi connectivity index (χ0) is 12.1. The molecular formula is C10H14O6. The third kappa shape index (κ3) is 2.96. The second-order valence-corrected chi connectivity index (χ2v) is 3.31. The lowest BCUT2D eigenvalue weighted by Gasteiger charge is -2.12. The summed E-state index contributed by atoms with van der Waals surface area (Å²) < 4.78 is 14.1. The summed E-state index contributed by atoms with van der Waals surface area (Å²) in [6.45, 7) is 0.143. The van der Waals surface area contributed by atoms with Crippen molar-refractivity contribution in [1.29, 1.82) is 0 Å². The van der Waals surface area contributed by atoms with Crippen LogP contribution < -0.4 is 0 Å². The zero-order valence-corrected chi connectivity index (χ0v) is 9.13. The van der Waals surface area contributed by atoms with E-state index in [0.717, 1.165) is 0 Å². The average molecular weight is 230 g/mol. The van der Waals surface area contributed by atoms with Crippen molar-refractivity contribution in [3.8, 4) is 0 Å². The molecule has 1 unspecified atom stereocenters. The predicted octanol–water partition coefficient (Wildman–Crippen LogP) is -0.386. The highest BCUT2D eigenvalue weighted by Crippen LogP contribution is 2.20. The van der Waals surface area contributed by atoms with Crippen LogP contribution in [0.4, 0.5) is 0 Å². The van der Waals surface area contributed by atoms with Crippen LogP contribution in [0.5, 0.6) is 0 Å². The Kier molecular flexibility index (Phi) is 4.30. The van der Waals surface area contributed by atoms with E-state index >= 15 is 0 Å². The lowest BCUT2D eigenvalue weighted by Crippen LogP contribution is -2.27. The van der Waals surface area contributed by atoms with Gasteiger partial charge in [0.15, 0.2) is 5.92 Å². The number of hydrogen-bond acceptors (Lipinski definition) is 6. The molecule has 1 aliphatic heterocycles. The fourth-order valence-corrected chi connectivity index (χ4v) is 1.38. The van der Waals surface area contributed by atoms with E-state index in [1.807, 2.05) is 0 Å². The van der Waals surface area contributed by atoms with Crippen molar-refractivity contribution in [1.82, 2.24) is 0 Å². The van der Waals surface area contributed by atoms with Crippen LogP contribution in [0.25, 0.3) is 0 Å². The third-order valence-electron chi connectivity index (χ3n) is 2.19. The van der Waals surface area contributed by atoms with Gasteiger partial charge in [0.1, 0.15) is 12.7 Å². The fourth-order valence-electron chi connectivity index (χ4n) is 1.38. The van der Waals surface area contributed by atoms with Gasteiger partial charge in [-0.3, -0.25) is 9.59 Å². The molecule has 0 radical (unpaired) electrons. The topological polar surface area (TPSA) is 82.1 Å². The molecule has 0 amide bonds. The minimum atomic E-state index is -1.05. The maximum absolute atomic E-state index is 11.3. The van der Waals surface area contributed by atoms with Crippen LogP contribution in [0.1, 0.15) is 6.42 Å². The number of aliphatic hydroxyl groups is 1. The highest BCUT2D eigenvalue weighted by atomic mass is 16.5. The largest absolute Gasteiger partial charge is 0.495 e. The molecule has 0 spiro atoms. The van der Waals surface area contributed by atoms with Crippen LogP contribution in [0, 0.1) is 5.92 Å². The fraction of sp³-hybridized carbons (Fsp3) is 0.600. The van der Waals surface area contributed by atoms with E-state index in [0.29, 0.717) is 5.76 Å². The van der Waals surface area contributed by atoms with Crippen LogP contribution in [0.3, 0.4) is 0 Å². The van der Waals surface area contributed by atoms with E-state index in [1.54, 1.807) is 0 Å². The lowest BCUT2D eigenvalue weighted by molar-refractivity contribution is -0.159. The number of methoxy groups -OCH3 is 2. The molecule has 0 saturated carbocycles. The average Bonchev–Trinajstić information content (AvgIpc) is 2.69. The highest BCUT2D eigenvalue weighted by molar-refractivity contribution is 5.95. The van der Waals surface area contributed by atoms with Gasteiger partial charge in [-0.15, -0.1) is 0 Å². The van der Waals surface area contributed by atoms with Crippen LogP contribution in [-0.4, -0.2) is 44.0 Å². The van der Waals surface area contributed by atoms with Gasteiger partial charge < -0.3 is 19.3 Å². The molecule has 90 valence electrons. The Morgan fingerprint density at radius 3 is 2.44 bits per heavy atom. The minimum absolute atomic E-state index is 0.0381. The quantitative estimate of drug-likeness (QED) is 0.523. The molecule has 6 nitrogen and oxygen atoms in total. The van der Waals surface area contributed by atoms with Crippen molar-refractivity contribution in [3.05, 3.63) is 11.8 Å². The van der Waals surface area contributed by atoms with Gasteiger partial charge >= 0.3 is 11.9 Å². The predicted molar refractivity (Wildman–Crippen MR) is 52.2 cm³/mol. The van der Waals surface area contributed by atoms with E-state index in [9.17, 15) is 14.7 Å². The van der Waals surface area contributed by atoms with Crippen molar-refractivity contribution in [2.24, 2.45) is 5.92 Å². The first kappa shape index (κ1) is 12.5. The van der Waals surface area contributed by atoms with Gasteiger partial charge in [0.05, 0.1) is 20.0 Å². The van der Waals surface area contributed by atoms with Crippen molar-refractivity contribution in [2.45, 2.75) is 12.5 Å². The van der Waals surface area contributed by atoms with Gasteiger partial charge in [0, 0.05) is 6.42 Å². The molecule has 0 aromatic rings. The first-order valence-electron chi connectivity index (χ1n) is 4.75. The Labute approximate surface area is 92.8 Å². The summed E-state index contributed by atoms with van der Waals surface area (Å²) in [5, 5.41) is 9.17. The number of aliphatic hydroxyl groups excluding tert-OH is 1. The molecule has 1 N–H and O–H groups in total. The first-order valence-corrected chi connectivity index (χ1v) is 4.75. The summed E-state index contributed by atoms with van der Waals surface area (Å²) in [5.74, 6) is -2.02. The van der Waals surface area contributed by atoms with E-state index in [-0.39, 0.29) is 13.0 Å². The van der Waals surface area contributed by atoms with E-state index in [4.69, 9.17) is 4.74 Å². The smallest absolute Gasteiger partial charge is 0.320 e. The van der Waals surface area contributed by atoms with E-state index in [1.165, 1.54) is 20.3 Å². The summed E-state index contributed by atoms with van der Waals surface area (Å²) in [4.78, 5) is 22.6. The second-order valence-electron chi connectivity index (χ2n) is 3.31. The van der Waals surface area contributed by atoms with Crippen LogP contribution in [-0.2, 0) is 23.8 Å². The van der Waals surface area contributed by atoms with Crippen molar-refractivity contribution >= 4 is 11.9 Å². The van der Waals surface area contributed by atoms with Crippen LogP contribution >= 0.6 is 0 Å². The summed E-state index contributed by atoms with van der Waals surface area (Å²) in [5.41, 5.74) is 0. The zero-order valence-electron chi connectivity index (χ0n) is 9.13. The van der Waals surface area contributed by atoms with Gasteiger partial charge in [-0.1, -0.05) is 0 Å². The first-order chi connectivity index (χ1) is 7.58. The Balaban J connectivity index is 2.67. The van der Waals surface area contributed by atoms with Gasteiger partial charge in [-0.25, -0.2) is 0 Å². The summed E-state index contributed by atoms with van der Waals surface area (Å²) >= 11 is 0. The van der Waals surface area contributed by atoms with Crippen molar-refractivity contribution in [3.63, 3.8) is 0 Å². The van der Waals surface area contributed by atoms with Crippen LogP contribution in [0.2, 0.25) is 0 Å². The standard InChI is InChI=1S/C10H14O6/c1-14-9(12)8(10(13)15-2)4-7-3-6(11)5-16-7/h3,6,8,11H,4-5H2,1-2H3. The Hall–Kier alpha value is -1.56. The Morgan fingerprint density at radius 2 is 2.06 bits per heavy atom. The minimum Gasteiger partial charge on any atom is -0.495 e. The van der Waals surface area contributed by atoms with Gasteiger partial charge in [0.25, 0.3) is 0 Å². The maximum Gasteiger partial charge on any atom is 0.320 e. The number of allylic oxidation sites excluding steroid dienone is 1. The molecule has 0 fully saturated rings. The van der Waals surface area contributed by atoms with Crippen LogP contribution in [0.15, 0.2) is 11.8 Å². The van der Waals surface area contributed by atoms with Gasteiger partial charge in [0.2, 0.25) is 0 Å². The lowest BCUT2D eigenvalue weighted by atomic mass is 10.0. The number of esters is 2. The number of rotatable bonds is 4. The summed E-state index contributed by atoms with van der Waals surface area (Å²) in [7, 11) is 2.38. The monoisotopic (exact) mass is 230 g/mol. The summed E-state index contributed by atoms with van der Waals surface area (Å²) in [6.07, 6.45) is 0.806.